The van der Waals surface area contributed by atoms with Gasteiger partial charge in [0.25, 0.3) is 0 Å². The van der Waals surface area contributed by atoms with Crippen LogP contribution in [0.15, 0.2) is 59.9 Å². The summed E-state index contributed by atoms with van der Waals surface area (Å²) < 4.78 is 5.21. The zero-order valence-electron chi connectivity index (χ0n) is 14.6. The number of ether oxygens (including phenoxy) is 1. The molecule has 1 atom stereocenters. The molecule has 0 radical (unpaired) electrons. The van der Waals surface area contributed by atoms with E-state index in [4.69, 9.17) is 4.74 Å². The van der Waals surface area contributed by atoms with Crippen LogP contribution in [-0.2, 0) is 9.53 Å². The Balaban J connectivity index is 1.84. The molecule has 0 saturated heterocycles. The lowest BCUT2D eigenvalue weighted by atomic mass is 9.76. The first-order valence-corrected chi connectivity index (χ1v) is 8.70. The molecule has 4 nitrogen and oxygen atoms in total. The highest BCUT2D eigenvalue weighted by atomic mass is 16.5. The van der Waals surface area contributed by atoms with E-state index >= 15 is 0 Å². The number of hydrogen-bond acceptors (Lipinski definition) is 4. The maximum Gasteiger partial charge on any atom is 0.312 e. The number of allylic oxidation sites excluding steroid dienone is 2. The first-order valence-electron chi connectivity index (χ1n) is 8.70. The highest BCUT2D eigenvalue weighted by Crippen LogP contribution is 2.41. The Morgan fingerprint density at radius 1 is 0.885 bits per heavy atom. The van der Waals surface area contributed by atoms with E-state index in [2.05, 4.69) is 13.8 Å². The number of ketones is 2. The van der Waals surface area contributed by atoms with Gasteiger partial charge in [-0.2, -0.15) is 0 Å². The SMILES string of the molecule is CC(C)c1ccc([C@H]2CC(=O)OC3=C2C(=O)c2ccccc2C3=O)cc1. The van der Waals surface area contributed by atoms with Crippen molar-refractivity contribution in [2.24, 2.45) is 0 Å². The minimum absolute atomic E-state index is 0.0566. The highest BCUT2D eigenvalue weighted by molar-refractivity contribution is 6.27. The average Bonchev–Trinajstić information content (AvgIpc) is 2.65. The summed E-state index contributed by atoms with van der Waals surface area (Å²) in [7, 11) is 0. The Hall–Kier alpha value is -3.01. The number of Topliss-reactive ketones (excluding diaryl/α,β-unsaturated/α-hetero) is 2. The van der Waals surface area contributed by atoms with Crippen LogP contribution in [0.4, 0.5) is 0 Å². The fourth-order valence-electron chi connectivity index (χ4n) is 3.61. The highest BCUT2D eigenvalue weighted by Gasteiger charge is 2.42. The molecule has 0 amide bonds. The molecule has 0 spiro atoms. The van der Waals surface area contributed by atoms with Gasteiger partial charge in [-0.25, -0.2) is 0 Å². The van der Waals surface area contributed by atoms with Crippen molar-refractivity contribution in [3.05, 3.63) is 82.1 Å². The fraction of sp³-hybridized carbons (Fsp3) is 0.227. The molecule has 130 valence electrons. The molecule has 0 saturated carbocycles. The Morgan fingerprint density at radius 3 is 2.12 bits per heavy atom. The molecule has 1 aliphatic carbocycles. The maximum absolute atomic E-state index is 13.1. The second-order valence-corrected chi connectivity index (χ2v) is 7.00. The number of fused-ring (bicyclic) bond motifs is 1. The van der Waals surface area contributed by atoms with Gasteiger partial charge >= 0.3 is 5.97 Å². The van der Waals surface area contributed by atoms with E-state index in [1.165, 1.54) is 5.56 Å². The third-order valence-corrected chi connectivity index (χ3v) is 5.05. The van der Waals surface area contributed by atoms with E-state index in [1.54, 1.807) is 24.3 Å². The summed E-state index contributed by atoms with van der Waals surface area (Å²) >= 11 is 0. The van der Waals surface area contributed by atoms with Crippen LogP contribution in [-0.4, -0.2) is 17.5 Å². The normalized spacial score (nSPS) is 19.3. The van der Waals surface area contributed by atoms with Crippen molar-refractivity contribution < 1.29 is 19.1 Å². The monoisotopic (exact) mass is 346 g/mol. The summed E-state index contributed by atoms with van der Waals surface area (Å²) in [6.45, 7) is 4.21. The zero-order chi connectivity index (χ0) is 18.4. The molecule has 2 aromatic carbocycles. The van der Waals surface area contributed by atoms with Gasteiger partial charge in [-0.15, -0.1) is 0 Å². The molecular formula is C22H18O4. The second-order valence-electron chi connectivity index (χ2n) is 7.00. The number of rotatable bonds is 2. The van der Waals surface area contributed by atoms with Gasteiger partial charge in [0.15, 0.2) is 11.5 Å². The van der Waals surface area contributed by atoms with Crippen LogP contribution in [0.5, 0.6) is 0 Å². The van der Waals surface area contributed by atoms with Gasteiger partial charge in [-0.3, -0.25) is 14.4 Å². The van der Waals surface area contributed by atoms with Gasteiger partial charge in [0, 0.05) is 17.0 Å². The molecule has 1 aliphatic heterocycles. The summed E-state index contributed by atoms with van der Waals surface area (Å²) in [4.78, 5) is 38.0. The Kier molecular flexibility index (Phi) is 3.83. The van der Waals surface area contributed by atoms with Crippen LogP contribution in [0, 0.1) is 0 Å². The molecule has 4 heteroatoms. The van der Waals surface area contributed by atoms with Crippen molar-refractivity contribution in [3.63, 3.8) is 0 Å². The summed E-state index contributed by atoms with van der Waals surface area (Å²) in [5, 5.41) is 0. The molecule has 0 N–H and O–H groups in total. The van der Waals surface area contributed by atoms with E-state index in [-0.39, 0.29) is 18.0 Å². The first kappa shape index (κ1) is 16.5. The second kappa shape index (κ2) is 6.06. The minimum Gasteiger partial charge on any atom is -0.422 e. The molecule has 0 fully saturated rings. The lowest BCUT2D eigenvalue weighted by molar-refractivity contribution is -0.140. The molecule has 4 rings (SSSR count). The van der Waals surface area contributed by atoms with E-state index in [0.717, 1.165) is 5.56 Å². The molecule has 26 heavy (non-hydrogen) atoms. The molecule has 1 heterocycles. The molecule has 2 aliphatic rings. The number of esters is 1. The first-order chi connectivity index (χ1) is 12.5. The topological polar surface area (TPSA) is 60.4 Å². The van der Waals surface area contributed by atoms with Gasteiger partial charge in [0.2, 0.25) is 5.78 Å². The average molecular weight is 346 g/mol. The lowest BCUT2D eigenvalue weighted by Gasteiger charge is -2.30. The Labute approximate surface area is 151 Å². The van der Waals surface area contributed by atoms with E-state index in [0.29, 0.717) is 22.6 Å². The van der Waals surface area contributed by atoms with Crippen LogP contribution in [0.25, 0.3) is 0 Å². The number of carbonyl (C=O) groups excluding carboxylic acids is 3. The van der Waals surface area contributed by atoms with Crippen LogP contribution in [0.3, 0.4) is 0 Å². The predicted molar refractivity (Wildman–Crippen MR) is 96.1 cm³/mol. The summed E-state index contributed by atoms with van der Waals surface area (Å²) in [5.74, 6) is -1.30. The zero-order valence-corrected chi connectivity index (χ0v) is 14.6. The molecule has 0 bridgehead atoms. The van der Waals surface area contributed by atoms with E-state index in [1.807, 2.05) is 24.3 Å². The van der Waals surface area contributed by atoms with Crippen molar-refractivity contribution in [1.82, 2.24) is 0 Å². The van der Waals surface area contributed by atoms with Crippen molar-refractivity contribution in [1.29, 1.82) is 0 Å². The van der Waals surface area contributed by atoms with Gasteiger partial charge < -0.3 is 4.74 Å². The summed E-state index contributed by atoms with van der Waals surface area (Å²) in [6, 6.07) is 14.5. The predicted octanol–water partition coefficient (Wildman–Crippen LogP) is 4.17. The van der Waals surface area contributed by atoms with Crippen LogP contribution in [0.1, 0.15) is 63.9 Å². The molecule has 0 aromatic heterocycles. The maximum atomic E-state index is 13.1. The van der Waals surface area contributed by atoms with E-state index in [9.17, 15) is 14.4 Å². The largest absolute Gasteiger partial charge is 0.422 e. The Morgan fingerprint density at radius 2 is 1.50 bits per heavy atom. The number of carbonyl (C=O) groups is 3. The van der Waals surface area contributed by atoms with Gasteiger partial charge in [0.05, 0.1) is 12.0 Å². The summed E-state index contributed by atoms with van der Waals surface area (Å²) in [6.07, 6.45) is 0.0566. The van der Waals surface area contributed by atoms with Crippen molar-refractivity contribution in [3.8, 4) is 0 Å². The number of hydrogen-bond donors (Lipinski definition) is 0. The van der Waals surface area contributed by atoms with Gasteiger partial charge in [-0.05, 0) is 17.0 Å². The minimum atomic E-state index is -0.484. The van der Waals surface area contributed by atoms with Crippen molar-refractivity contribution in [2.45, 2.75) is 32.1 Å². The van der Waals surface area contributed by atoms with Crippen molar-refractivity contribution >= 4 is 17.5 Å². The fourth-order valence-corrected chi connectivity index (χ4v) is 3.61. The number of benzene rings is 2. The standard InChI is InChI=1S/C22H18O4/c1-12(2)13-7-9-14(10-8-13)17-11-18(23)26-22-19(17)20(24)15-5-3-4-6-16(15)21(22)25/h3-10,12,17H,11H2,1-2H3/t17-/m1/s1. The van der Waals surface area contributed by atoms with Crippen LogP contribution >= 0.6 is 0 Å². The smallest absolute Gasteiger partial charge is 0.312 e. The quantitative estimate of drug-likeness (QED) is 0.766. The van der Waals surface area contributed by atoms with Crippen LogP contribution in [0.2, 0.25) is 0 Å². The Bertz CT molecular complexity index is 964. The van der Waals surface area contributed by atoms with Crippen LogP contribution < -0.4 is 0 Å². The lowest BCUT2D eigenvalue weighted by Crippen LogP contribution is -2.32. The third-order valence-electron chi connectivity index (χ3n) is 5.05. The molecule has 0 unspecified atom stereocenters. The third kappa shape index (κ3) is 2.49. The van der Waals surface area contributed by atoms with E-state index < -0.39 is 17.7 Å². The summed E-state index contributed by atoms with van der Waals surface area (Å²) in [5.41, 5.74) is 2.99. The van der Waals surface area contributed by atoms with Crippen molar-refractivity contribution in [2.75, 3.05) is 0 Å². The van der Waals surface area contributed by atoms with Gasteiger partial charge in [0.1, 0.15) is 0 Å². The molecular weight excluding hydrogens is 328 g/mol. The van der Waals surface area contributed by atoms with Gasteiger partial charge in [-0.1, -0.05) is 62.4 Å². The molecule has 2 aromatic rings.